The fraction of sp³-hybridized carbons (Fsp3) is 0.208. The third kappa shape index (κ3) is 3.44. The van der Waals surface area contributed by atoms with Crippen molar-refractivity contribution in [3.05, 3.63) is 66.9 Å². The molecule has 5 aromatic rings. The first-order chi connectivity index (χ1) is 15.7. The van der Waals surface area contributed by atoms with Gasteiger partial charge >= 0.3 is 0 Å². The van der Waals surface area contributed by atoms with Crippen LogP contribution in [0.4, 0.5) is 17.2 Å². The summed E-state index contributed by atoms with van der Waals surface area (Å²) in [7, 11) is 0. The van der Waals surface area contributed by atoms with Crippen LogP contribution in [0.25, 0.3) is 27.9 Å². The Bertz CT molecular complexity index is 1400. The molecule has 1 fully saturated rings. The molecule has 0 saturated carbocycles. The van der Waals surface area contributed by atoms with E-state index in [4.69, 9.17) is 9.72 Å². The largest absolute Gasteiger partial charge is 0.378 e. The van der Waals surface area contributed by atoms with E-state index in [1.165, 1.54) is 5.69 Å². The Hall–Kier alpha value is -3.91. The van der Waals surface area contributed by atoms with Crippen molar-refractivity contribution in [2.24, 2.45) is 0 Å². The van der Waals surface area contributed by atoms with Gasteiger partial charge in [0.2, 0.25) is 0 Å². The van der Waals surface area contributed by atoms with E-state index in [0.29, 0.717) is 5.82 Å². The zero-order valence-corrected chi connectivity index (χ0v) is 17.7. The highest BCUT2D eigenvalue weighted by molar-refractivity contribution is 5.82. The molecule has 1 saturated heterocycles. The summed E-state index contributed by atoms with van der Waals surface area (Å²) in [6, 6.07) is 14.6. The Kier molecular flexibility index (Phi) is 4.50. The third-order valence-corrected chi connectivity index (χ3v) is 5.78. The van der Waals surface area contributed by atoms with Gasteiger partial charge in [0, 0.05) is 48.6 Å². The second-order valence-corrected chi connectivity index (χ2v) is 7.96. The standard InChI is InChI=1S/C24H23N7O/c1-16-26-20-7-2-17(14-21(20)27-16)22-15-31-9-8-25-24(31)23(29-22)28-18-3-5-19(6-4-18)30-10-12-32-13-11-30/h2-9,14-15H,10-13H2,1H3,(H,26,27)(H,28,29). The van der Waals surface area contributed by atoms with Gasteiger partial charge in [-0.25, -0.2) is 15.0 Å². The van der Waals surface area contributed by atoms with E-state index in [1.807, 2.05) is 29.8 Å². The quantitative estimate of drug-likeness (QED) is 0.450. The molecule has 2 aromatic carbocycles. The van der Waals surface area contributed by atoms with Gasteiger partial charge in [0.15, 0.2) is 11.5 Å². The molecule has 0 amide bonds. The highest BCUT2D eigenvalue weighted by Gasteiger charge is 2.13. The maximum absolute atomic E-state index is 5.45. The minimum atomic E-state index is 0.715. The van der Waals surface area contributed by atoms with Gasteiger partial charge in [-0.3, -0.25) is 0 Å². The van der Waals surface area contributed by atoms with Crippen LogP contribution in [-0.2, 0) is 4.74 Å². The molecule has 2 N–H and O–H groups in total. The van der Waals surface area contributed by atoms with Gasteiger partial charge in [-0.2, -0.15) is 0 Å². The summed E-state index contributed by atoms with van der Waals surface area (Å²) in [6.45, 7) is 5.36. The molecule has 0 spiro atoms. The molecule has 8 nitrogen and oxygen atoms in total. The normalized spacial score (nSPS) is 14.3. The molecule has 0 atom stereocenters. The smallest absolute Gasteiger partial charge is 0.180 e. The molecule has 160 valence electrons. The van der Waals surface area contributed by atoms with E-state index in [1.54, 1.807) is 6.20 Å². The van der Waals surface area contributed by atoms with Gasteiger partial charge in [0.05, 0.1) is 29.9 Å². The lowest BCUT2D eigenvalue weighted by molar-refractivity contribution is 0.122. The predicted molar refractivity (Wildman–Crippen MR) is 126 cm³/mol. The molecule has 1 aliphatic heterocycles. The van der Waals surface area contributed by atoms with Gasteiger partial charge in [-0.15, -0.1) is 0 Å². The fourth-order valence-corrected chi connectivity index (χ4v) is 4.16. The lowest BCUT2D eigenvalue weighted by Gasteiger charge is -2.28. The summed E-state index contributed by atoms with van der Waals surface area (Å²) in [5, 5.41) is 3.46. The van der Waals surface area contributed by atoms with E-state index < -0.39 is 0 Å². The minimum Gasteiger partial charge on any atom is -0.378 e. The lowest BCUT2D eigenvalue weighted by atomic mass is 10.1. The van der Waals surface area contributed by atoms with Crippen molar-refractivity contribution >= 4 is 33.9 Å². The van der Waals surface area contributed by atoms with E-state index in [0.717, 1.165) is 65.8 Å². The number of imidazole rings is 2. The number of hydrogen-bond donors (Lipinski definition) is 2. The van der Waals surface area contributed by atoms with Gasteiger partial charge < -0.3 is 24.3 Å². The van der Waals surface area contributed by atoms with Crippen molar-refractivity contribution in [2.75, 3.05) is 36.5 Å². The molecule has 1 aliphatic rings. The number of rotatable bonds is 4. The van der Waals surface area contributed by atoms with Crippen LogP contribution in [-0.4, -0.2) is 50.6 Å². The fourth-order valence-electron chi connectivity index (χ4n) is 4.16. The van der Waals surface area contributed by atoms with Crippen LogP contribution in [0.2, 0.25) is 0 Å². The van der Waals surface area contributed by atoms with Crippen LogP contribution < -0.4 is 10.2 Å². The molecule has 0 radical (unpaired) electrons. The van der Waals surface area contributed by atoms with E-state index in [-0.39, 0.29) is 0 Å². The van der Waals surface area contributed by atoms with E-state index >= 15 is 0 Å². The van der Waals surface area contributed by atoms with Gasteiger partial charge in [-0.05, 0) is 43.3 Å². The molecule has 8 heteroatoms. The Labute approximate surface area is 184 Å². The van der Waals surface area contributed by atoms with Gasteiger partial charge in [0.1, 0.15) is 5.82 Å². The van der Waals surface area contributed by atoms with Gasteiger partial charge in [-0.1, -0.05) is 6.07 Å². The van der Waals surface area contributed by atoms with E-state index in [9.17, 15) is 0 Å². The SMILES string of the molecule is Cc1nc2ccc(-c3cn4ccnc4c(Nc4ccc(N5CCOCC5)cc4)n3)cc2[nH]1. The first-order valence-corrected chi connectivity index (χ1v) is 10.7. The number of benzene rings is 2. The molecule has 0 aliphatic carbocycles. The summed E-state index contributed by atoms with van der Waals surface area (Å²) in [4.78, 5) is 19.5. The van der Waals surface area contributed by atoms with Crippen LogP contribution in [0.15, 0.2) is 61.1 Å². The van der Waals surface area contributed by atoms with Crippen molar-refractivity contribution in [1.29, 1.82) is 0 Å². The summed E-state index contributed by atoms with van der Waals surface area (Å²) >= 11 is 0. The molecule has 32 heavy (non-hydrogen) atoms. The first-order valence-electron chi connectivity index (χ1n) is 10.7. The Morgan fingerprint density at radius 2 is 1.88 bits per heavy atom. The molecular weight excluding hydrogens is 402 g/mol. The van der Waals surface area contributed by atoms with Crippen molar-refractivity contribution in [1.82, 2.24) is 24.3 Å². The number of ether oxygens (including phenoxy) is 1. The number of hydrogen-bond acceptors (Lipinski definition) is 6. The zero-order valence-electron chi connectivity index (χ0n) is 17.7. The summed E-state index contributed by atoms with van der Waals surface area (Å²) in [6.07, 6.45) is 5.72. The van der Waals surface area contributed by atoms with Gasteiger partial charge in [0.25, 0.3) is 0 Å². The topological polar surface area (TPSA) is 83.4 Å². The van der Waals surface area contributed by atoms with Crippen LogP contribution in [0, 0.1) is 6.92 Å². The number of fused-ring (bicyclic) bond motifs is 2. The minimum absolute atomic E-state index is 0.715. The Morgan fingerprint density at radius 3 is 2.72 bits per heavy atom. The number of aromatic nitrogens is 5. The van der Waals surface area contributed by atoms with Crippen molar-refractivity contribution in [3.8, 4) is 11.3 Å². The predicted octanol–water partition coefficient (Wildman–Crippen LogP) is 4.16. The first kappa shape index (κ1) is 18.8. The molecule has 3 aromatic heterocycles. The van der Waals surface area contributed by atoms with Crippen molar-refractivity contribution < 1.29 is 4.74 Å². The number of H-pyrrole nitrogens is 1. The van der Waals surface area contributed by atoms with Crippen LogP contribution in [0.1, 0.15) is 5.82 Å². The number of anilines is 3. The second-order valence-electron chi connectivity index (χ2n) is 7.96. The van der Waals surface area contributed by atoms with Crippen LogP contribution >= 0.6 is 0 Å². The van der Waals surface area contributed by atoms with Crippen LogP contribution in [0.5, 0.6) is 0 Å². The second kappa shape index (κ2) is 7.65. The highest BCUT2D eigenvalue weighted by atomic mass is 16.5. The number of aromatic amines is 1. The zero-order chi connectivity index (χ0) is 21.5. The number of morpholine rings is 1. The summed E-state index contributed by atoms with van der Waals surface area (Å²) in [5.74, 6) is 1.62. The van der Waals surface area contributed by atoms with Crippen molar-refractivity contribution in [2.45, 2.75) is 6.92 Å². The highest BCUT2D eigenvalue weighted by Crippen LogP contribution is 2.27. The summed E-state index contributed by atoms with van der Waals surface area (Å²) in [5.41, 5.74) is 6.78. The lowest BCUT2D eigenvalue weighted by Crippen LogP contribution is -2.36. The average Bonchev–Trinajstić information content (AvgIpc) is 3.45. The Morgan fingerprint density at radius 1 is 1.03 bits per heavy atom. The number of nitrogens with one attached hydrogen (secondary N) is 2. The Balaban J connectivity index is 1.34. The molecule has 6 rings (SSSR count). The molecule has 0 bridgehead atoms. The molecule has 4 heterocycles. The van der Waals surface area contributed by atoms with Crippen LogP contribution in [0.3, 0.4) is 0 Å². The maximum atomic E-state index is 5.45. The molecular formula is C24H23N7O. The molecule has 0 unspecified atom stereocenters. The maximum Gasteiger partial charge on any atom is 0.180 e. The third-order valence-electron chi connectivity index (χ3n) is 5.78. The number of aryl methyl sites for hydroxylation is 1. The summed E-state index contributed by atoms with van der Waals surface area (Å²) < 4.78 is 7.45. The average molecular weight is 425 g/mol. The van der Waals surface area contributed by atoms with Crippen molar-refractivity contribution in [3.63, 3.8) is 0 Å². The monoisotopic (exact) mass is 425 g/mol. The van der Waals surface area contributed by atoms with E-state index in [2.05, 4.69) is 61.6 Å². The number of nitrogens with zero attached hydrogens (tertiary/aromatic N) is 5.